The molecule has 1 heterocycles. The number of nitrogen functional groups attached to an aromatic ring is 1. The molecule has 6 nitrogen and oxygen atoms in total. The Morgan fingerprint density at radius 3 is 2.83 bits per heavy atom. The number of carbonyl (C=O) groups excluding carboxylic acids is 1. The second-order valence-electron chi connectivity index (χ2n) is 4.89. The zero-order valence-electron chi connectivity index (χ0n) is 12.5. The molecule has 23 heavy (non-hydrogen) atoms. The Labute approximate surface area is 133 Å². The number of anilines is 2. The molecule has 0 aliphatic carbocycles. The van der Waals surface area contributed by atoms with Crippen LogP contribution < -0.4 is 25.3 Å². The van der Waals surface area contributed by atoms with E-state index >= 15 is 0 Å². The highest BCUT2D eigenvalue weighted by atomic mass is 16.7. The number of hydrogen-bond donors (Lipinski definition) is 2. The van der Waals surface area contributed by atoms with Crippen LogP contribution in [-0.2, 0) is 4.79 Å². The molecule has 1 amide bonds. The summed E-state index contributed by atoms with van der Waals surface area (Å²) in [5.41, 5.74) is 7.79. The average Bonchev–Trinajstić information content (AvgIpc) is 3.01. The minimum absolute atomic E-state index is 0.200. The highest BCUT2D eigenvalue weighted by Crippen LogP contribution is 2.34. The van der Waals surface area contributed by atoms with Crippen molar-refractivity contribution in [3.8, 4) is 17.2 Å². The number of benzene rings is 2. The molecular formula is C17H16N2O4. The summed E-state index contributed by atoms with van der Waals surface area (Å²) in [7, 11) is 1.56. The first-order valence-electron chi connectivity index (χ1n) is 6.98. The van der Waals surface area contributed by atoms with Gasteiger partial charge in [0, 0.05) is 17.8 Å². The van der Waals surface area contributed by atoms with Gasteiger partial charge in [-0.3, -0.25) is 4.79 Å². The molecule has 6 heteroatoms. The minimum atomic E-state index is -0.252. The van der Waals surface area contributed by atoms with Crippen LogP contribution in [-0.4, -0.2) is 19.8 Å². The summed E-state index contributed by atoms with van der Waals surface area (Å²) in [6.07, 6.45) is 3.12. The highest BCUT2D eigenvalue weighted by molar-refractivity contribution is 6.02. The van der Waals surface area contributed by atoms with E-state index < -0.39 is 0 Å². The van der Waals surface area contributed by atoms with Crippen molar-refractivity contribution in [2.45, 2.75) is 0 Å². The van der Waals surface area contributed by atoms with Crippen LogP contribution in [0, 0.1) is 0 Å². The van der Waals surface area contributed by atoms with Gasteiger partial charge in [0.25, 0.3) is 0 Å². The second-order valence-corrected chi connectivity index (χ2v) is 4.89. The van der Waals surface area contributed by atoms with E-state index in [2.05, 4.69) is 5.32 Å². The molecule has 2 aromatic rings. The summed E-state index contributed by atoms with van der Waals surface area (Å²) in [4.78, 5) is 12.0. The Morgan fingerprint density at radius 1 is 1.22 bits per heavy atom. The number of rotatable bonds is 4. The number of carbonyl (C=O) groups is 1. The van der Waals surface area contributed by atoms with Gasteiger partial charge in [0.2, 0.25) is 12.7 Å². The smallest absolute Gasteiger partial charge is 0.248 e. The van der Waals surface area contributed by atoms with Crippen LogP contribution in [0.4, 0.5) is 11.4 Å². The van der Waals surface area contributed by atoms with Gasteiger partial charge in [-0.05, 0) is 35.9 Å². The third kappa shape index (κ3) is 3.37. The van der Waals surface area contributed by atoms with E-state index in [9.17, 15) is 4.79 Å². The van der Waals surface area contributed by atoms with Gasteiger partial charge in [0.1, 0.15) is 5.75 Å². The molecule has 0 aromatic heterocycles. The SMILES string of the molecule is COc1ccc(/C=C/C(=O)Nc2ccc3c(c2)OCO3)cc1N. The fraction of sp³-hybridized carbons (Fsp3) is 0.118. The van der Waals surface area contributed by atoms with Crippen LogP contribution in [0.15, 0.2) is 42.5 Å². The number of nitrogens with two attached hydrogens (primary N) is 1. The summed E-state index contributed by atoms with van der Waals surface area (Å²) < 4.78 is 15.6. The summed E-state index contributed by atoms with van der Waals surface area (Å²) in [6, 6.07) is 10.5. The first-order chi connectivity index (χ1) is 11.2. The quantitative estimate of drug-likeness (QED) is 0.670. The summed E-state index contributed by atoms with van der Waals surface area (Å²) in [5.74, 6) is 1.65. The van der Waals surface area contributed by atoms with Gasteiger partial charge >= 0.3 is 0 Å². The highest BCUT2D eigenvalue weighted by Gasteiger charge is 2.13. The average molecular weight is 312 g/mol. The van der Waals surface area contributed by atoms with Crippen molar-refractivity contribution in [2.75, 3.05) is 25.0 Å². The topological polar surface area (TPSA) is 82.8 Å². The molecule has 1 aliphatic rings. The number of fused-ring (bicyclic) bond motifs is 1. The van der Waals surface area contributed by atoms with E-state index in [0.29, 0.717) is 28.6 Å². The zero-order chi connectivity index (χ0) is 16.2. The van der Waals surface area contributed by atoms with Crippen LogP contribution in [0.3, 0.4) is 0 Å². The van der Waals surface area contributed by atoms with Gasteiger partial charge in [-0.25, -0.2) is 0 Å². The van der Waals surface area contributed by atoms with Crippen LogP contribution in [0.5, 0.6) is 17.2 Å². The Morgan fingerprint density at radius 2 is 2.04 bits per heavy atom. The van der Waals surface area contributed by atoms with Crippen LogP contribution in [0.25, 0.3) is 6.08 Å². The second kappa shape index (κ2) is 6.31. The van der Waals surface area contributed by atoms with E-state index in [1.807, 2.05) is 6.07 Å². The molecule has 0 saturated heterocycles. The van der Waals surface area contributed by atoms with Crippen molar-refractivity contribution in [2.24, 2.45) is 0 Å². The molecule has 2 aromatic carbocycles. The predicted octanol–water partition coefficient (Wildman–Crippen LogP) is 2.66. The summed E-state index contributed by atoms with van der Waals surface area (Å²) in [5, 5.41) is 2.76. The van der Waals surface area contributed by atoms with E-state index in [1.165, 1.54) is 6.08 Å². The molecule has 0 fully saturated rings. The molecule has 0 atom stereocenters. The van der Waals surface area contributed by atoms with E-state index in [4.69, 9.17) is 19.9 Å². The monoisotopic (exact) mass is 312 g/mol. The minimum Gasteiger partial charge on any atom is -0.495 e. The van der Waals surface area contributed by atoms with Crippen molar-refractivity contribution in [3.05, 3.63) is 48.0 Å². The molecule has 118 valence electrons. The van der Waals surface area contributed by atoms with Crippen LogP contribution in [0.2, 0.25) is 0 Å². The number of nitrogens with one attached hydrogen (secondary N) is 1. The number of hydrogen-bond acceptors (Lipinski definition) is 5. The third-order valence-electron chi connectivity index (χ3n) is 3.32. The fourth-order valence-corrected chi connectivity index (χ4v) is 2.19. The van der Waals surface area contributed by atoms with Gasteiger partial charge in [-0.15, -0.1) is 0 Å². The maximum Gasteiger partial charge on any atom is 0.248 e. The van der Waals surface area contributed by atoms with E-state index in [-0.39, 0.29) is 12.7 Å². The lowest BCUT2D eigenvalue weighted by Gasteiger charge is -2.05. The van der Waals surface area contributed by atoms with Crippen LogP contribution >= 0.6 is 0 Å². The summed E-state index contributed by atoms with van der Waals surface area (Å²) >= 11 is 0. The summed E-state index contributed by atoms with van der Waals surface area (Å²) in [6.45, 7) is 0.200. The van der Waals surface area contributed by atoms with Gasteiger partial charge in [0.05, 0.1) is 12.8 Å². The number of methoxy groups -OCH3 is 1. The van der Waals surface area contributed by atoms with Gasteiger partial charge < -0.3 is 25.3 Å². The Balaban J connectivity index is 1.66. The molecule has 3 rings (SSSR count). The molecule has 0 unspecified atom stereocenters. The molecule has 0 saturated carbocycles. The molecular weight excluding hydrogens is 296 g/mol. The van der Waals surface area contributed by atoms with Crippen molar-refractivity contribution < 1.29 is 19.0 Å². The van der Waals surface area contributed by atoms with E-state index in [1.54, 1.807) is 43.5 Å². The normalized spacial score (nSPS) is 12.4. The largest absolute Gasteiger partial charge is 0.495 e. The van der Waals surface area contributed by atoms with Gasteiger partial charge in [0.15, 0.2) is 11.5 Å². The van der Waals surface area contributed by atoms with Crippen molar-refractivity contribution in [1.29, 1.82) is 0 Å². The number of amides is 1. The molecule has 1 aliphatic heterocycles. The standard InChI is InChI=1S/C17H16N2O4/c1-21-14-5-2-11(8-13(14)18)3-7-17(20)19-12-4-6-15-16(9-12)23-10-22-15/h2-9H,10,18H2,1H3,(H,19,20)/b7-3+. The first kappa shape index (κ1) is 14.8. The lowest BCUT2D eigenvalue weighted by Crippen LogP contribution is -2.07. The van der Waals surface area contributed by atoms with Crippen molar-refractivity contribution >= 4 is 23.4 Å². The Kier molecular flexibility index (Phi) is 4.05. The maximum absolute atomic E-state index is 12.0. The van der Waals surface area contributed by atoms with Gasteiger partial charge in [-0.2, -0.15) is 0 Å². The lowest BCUT2D eigenvalue weighted by atomic mass is 10.1. The zero-order valence-corrected chi connectivity index (χ0v) is 12.5. The van der Waals surface area contributed by atoms with Crippen LogP contribution in [0.1, 0.15) is 5.56 Å². The molecule has 0 radical (unpaired) electrons. The molecule has 0 bridgehead atoms. The Hall–Kier alpha value is -3.15. The fourth-order valence-electron chi connectivity index (χ4n) is 2.19. The van der Waals surface area contributed by atoms with Crippen molar-refractivity contribution in [1.82, 2.24) is 0 Å². The first-order valence-corrected chi connectivity index (χ1v) is 6.98. The van der Waals surface area contributed by atoms with E-state index in [0.717, 1.165) is 5.56 Å². The molecule has 3 N–H and O–H groups in total. The van der Waals surface area contributed by atoms with Gasteiger partial charge in [-0.1, -0.05) is 6.07 Å². The molecule has 0 spiro atoms. The predicted molar refractivity (Wildman–Crippen MR) is 87.6 cm³/mol. The van der Waals surface area contributed by atoms with Crippen molar-refractivity contribution in [3.63, 3.8) is 0 Å². The maximum atomic E-state index is 12.0. The lowest BCUT2D eigenvalue weighted by molar-refractivity contribution is -0.111. The third-order valence-corrected chi connectivity index (χ3v) is 3.32. The Bertz CT molecular complexity index is 771. The number of ether oxygens (including phenoxy) is 3.